The van der Waals surface area contributed by atoms with Crippen molar-refractivity contribution in [3.63, 3.8) is 0 Å². The molecule has 0 radical (unpaired) electrons. The van der Waals surface area contributed by atoms with Gasteiger partial charge in [-0.1, -0.05) is 0 Å². The molecule has 1 fully saturated rings. The molecule has 0 aliphatic carbocycles. The van der Waals surface area contributed by atoms with Crippen LogP contribution in [0.5, 0.6) is 0 Å². The van der Waals surface area contributed by atoms with Gasteiger partial charge in [-0.2, -0.15) is 0 Å². The Kier molecular flexibility index (Phi) is 2.74. The number of anilines is 1. The molecule has 0 spiro atoms. The lowest BCUT2D eigenvalue weighted by Gasteiger charge is -2.32. The number of ether oxygens (including phenoxy) is 1. The molecule has 1 aliphatic rings. The van der Waals surface area contributed by atoms with Crippen molar-refractivity contribution < 1.29 is 4.74 Å². The van der Waals surface area contributed by atoms with Crippen molar-refractivity contribution >= 4 is 17.0 Å². The molecule has 0 saturated carbocycles. The maximum Gasteiger partial charge on any atom is 0.182 e. The Balaban J connectivity index is 1.67. The van der Waals surface area contributed by atoms with Crippen LogP contribution in [0.3, 0.4) is 0 Å². The summed E-state index contributed by atoms with van der Waals surface area (Å²) in [5.74, 6) is 1.52. The molecule has 0 aromatic carbocycles. The van der Waals surface area contributed by atoms with Crippen molar-refractivity contribution in [1.82, 2.24) is 40.1 Å². The Morgan fingerprint density at radius 1 is 1.33 bits per heavy atom. The summed E-state index contributed by atoms with van der Waals surface area (Å²) < 4.78 is 7.40. The topological polar surface area (TPSA) is 111 Å². The molecule has 1 unspecified atom stereocenters. The Hall–Kier alpha value is -2.62. The first-order valence-electron chi connectivity index (χ1n) is 6.56. The minimum absolute atomic E-state index is 0.188. The highest BCUT2D eigenvalue weighted by atomic mass is 16.5. The third-order valence-electron chi connectivity index (χ3n) is 3.51. The first-order chi connectivity index (χ1) is 10.3. The predicted octanol–water partition coefficient (Wildman–Crippen LogP) is -0.546. The number of aryl methyl sites for hydroxylation is 1. The standard InChI is InChI=1S/C11H13N9O/c1-19-10(16-17-18-19)7-4-20(2-3-21-7)11-8-9(13-5-12-8)14-6-15-11/h5-7H,2-4H2,1H3,(H,12,13,14,15). The van der Waals surface area contributed by atoms with Gasteiger partial charge in [0.2, 0.25) is 0 Å². The van der Waals surface area contributed by atoms with Crippen LogP contribution in [-0.2, 0) is 11.8 Å². The summed E-state index contributed by atoms with van der Waals surface area (Å²) >= 11 is 0. The highest BCUT2D eigenvalue weighted by molar-refractivity contribution is 5.82. The predicted molar refractivity (Wildman–Crippen MR) is 71.4 cm³/mol. The van der Waals surface area contributed by atoms with Crippen LogP contribution in [0.15, 0.2) is 12.7 Å². The molecular weight excluding hydrogens is 274 g/mol. The summed E-state index contributed by atoms with van der Waals surface area (Å²) in [5, 5.41) is 11.5. The van der Waals surface area contributed by atoms with Crippen molar-refractivity contribution in [3.8, 4) is 0 Å². The fourth-order valence-electron chi connectivity index (χ4n) is 2.50. The Morgan fingerprint density at radius 3 is 3.14 bits per heavy atom. The molecule has 1 saturated heterocycles. The van der Waals surface area contributed by atoms with Gasteiger partial charge in [0.05, 0.1) is 19.5 Å². The molecule has 4 rings (SSSR count). The van der Waals surface area contributed by atoms with Crippen LogP contribution in [-0.4, -0.2) is 59.8 Å². The largest absolute Gasteiger partial charge is 0.366 e. The van der Waals surface area contributed by atoms with Crippen LogP contribution < -0.4 is 4.90 Å². The van der Waals surface area contributed by atoms with Crippen molar-refractivity contribution in [2.24, 2.45) is 7.05 Å². The van der Waals surface area contributed by atoms with E-state index in [-0.39, 0.29) is 6.10 Å². The first kappa shape index (κ1) is 12.1. The maximum absolute atomic E-state index is 5.77. The van der Waals surface area contributed by atoms with Crippen molar-refractivity contribution in [1.29, 1.82) is 0 Å². The minimum Gasteiger partial charge on any atom is -0.366 e. The Bertz CT molecular complexity index is 766. The van der Waals surface area contributed by atoms with E-state index < -0.39 is 0 Å². The summed E-state index contributed by atoms with van der Waals surface area (Å²) in [7, 11) is 1.80. The van der Waals surface area contributed by atoms with E-state index in [1.807, 2.05) is 0 Å². The second-order valence-electron chi connectivity index (χ2n) is 4.76. The van der Waals surface area contributed by atoms with E-state index in [1.54, 1.807) is 18.1 Å². The van der Waals surface area contributed by atoms with Crippen LogP contribution in [0, 0.1) is 0 Å². The van der Waals surface area contributed by atoms with Gasteiger partial charge in [0, 0.05) is 13.6 Å². The van der Waals surface area contributed by atoms with Gasteiger partial charge in [-0.25, -0.2) is 19.6 Å². The lowest BCUT2D eigenvalue weighted by molar-refractivity contribution is 0.0314. The molecule has 1 N–H and O–H groups in total. The number of aromatic nitrogens is 8. The number of nitrogens with one attached hydrogen (secondary N) is 1. The summed E-state index contributed by atoms with van der Waals surface area (Å²) in [6.07, 6.45) is 2.95. The van der Waals surface area contributed by atoms with Gasteiger partial charge in [0.25, 0.3) is 0 Å². The van der Waals surface area contributed by atoms with Gasteiger partial charge in [-0.15, -0.1) is 5.10 Å². The highest BCUT2D eigenvalue weighted by Crippen LogP contribution is 2.26. The van der Waals surface area contributed by atoms with Gasteiger partial charge >= 0.3 is 0 Å². The van der Waals surface area contributed by atoms with Gasteiger partial charge in [0.15, 0.2) is 17.3 Å². The second-order valence-corrected chi connectivity index (χ2v) is 4.76. The van der Waals surface area contributed by atoms with E-state index in [0.717, 1.165) is 17.9 Å². The van der Waals surface area contributed by atoms with E-state index in [4.69, 9.17) is 4.74 Å². The molecule has 3 aromatic rings. The van der Waals surface area contributed by atoms with E-state index >= 15 is 0 Å². The van der Waals surface area contributed by atoms with E-state index in [9.17, 15) is 0 Å². The lowest BCUT2D eigenvalue weighted by Crippen LogP contribution is -2.39. The van der Waals surface area contributed by atoms with Crippen molar-refractivity contribution in [2.45, 2.75) is 6.10 Å². The Morgan fingerprint density at radius 2 is 2.29 bits per heavy atom. The fourth-order valence-corrected chi connectivity index (χ4v) is 2.50. The van der Waals surface area contributed by atoms with Gasteiger partial charge in [-0.05, 0) is 10.4 Å². The van der Waals surface area contributed by atoms with E-state index in [0.29, 0.717) is 24.6 Å². The first-order valence-corrected chi connectivity index (χ1v) is 6.56. The molecule has 10 nitrogen and oxygen atoms in total. The van der Waals surface area contributed by atoms with Crippen LogP contribution >= 0.6 is 0 Å². The lowest BCUT2D eigenvalue weighted by atomic mass is 10.2. The third kappa shape index (κ3) is 2.00. The zero-order valence-electron chi connectivity index (χ0n) is 11.3. The van der Waals surface area contributed by atoms with Crippen LogP contribution in [0.1, 0.15) is 11.9 Å². The molecule has 1 aliphatic heterocycles. The van der Waals surface area contributed by atoms with Crippen molar-refractivity contribution in [2.75, 3.05) is 24.6 Å². The number of rotatable bonds is 2. The van der Waals surface area contributed by atoms with Crippen molar-refractivity contribution in [3.05, 3.63) is 18.5 Å². The van der Waals surface area contributed by atoms with Gasteiger partial charge < -0.3 is 14.6 Å². The number of imidazole rings is 1. The smallest absolute Gasteiger partial charge is 0.182 e. The average Bonchev–Trinajstić information content (AvgIpc) is 3.15. The second kappa shape index (κ2) is 4.74. The quantitative estimate of drug-likeness (QED) is 0.668. The van der Waals surface area contributed by atoms with Crippen LogP contribution in [0.2, 0.25) is 0 Å². The fraction of sp³-hybridized carbons (Fsp3) is 0.455. The average molecular weight is 287 g/mol. The highest BCUT2D eigenvalue weighted by Gasteiger charge is 2.28. The summed E-state index contributed by atoms with van der Waals surface area (Å²) in [5.41, 5.74) is 1.48. The van der Waals surface area contributed by atoms with Gasteiger partial charge in [0.1, 0.15) is 17.9 Å². The molecule has 4 heterocycles. The number of hydrogen-bond donors (Lipinski definition) is 1. The number of aromatic amines is 1. The number of hydrogen-bond acceptors (Lipinski definition) is 8. The number of nitrogens with zero attached hydrogens (tertiary/aromatic N) is 8. The number of morpholine rings is 1. The SMILES string of the molecule is Cn1nnnc1C1CN(c2ncnc3nc[nH]c23)CCO1. The number of H-pyrrole nitrogens is 1. The van der Waals surface area contributed by atoms with E-state index in [1.165, 1.54) is 6.33 Å². The molecule has 0 bridgehead atoms. The minimum atomic E-state index is -0.188. The number of tetrazole rings is 1. The molecule has 21 heavy (non-hydrogen) atoms. The molecule has 1 atom stereocenters. The van der Waals surface area contributed by atoms with Crippen LogP contribution in [0.25, 0.3) is 11.2 Å². The molecule has 3 aromatic heterocycles. The molecular formula is C11H13N9O. The van der Waals surface area contributed by atoms with E-state index in [2.05, 4.69) is 40.4 Å². The summed E-state index contributed by atoms with van der Waals surface area (Å²) in [6, 6.07) is 0. The third-order valence-corrected chi connectivity index (χ3v) is 3.51. The molecule has 0 amide bonds. The van der Waals surface area contributed by atoms with Crippen LogP contribution in [0.4, 0.5) is 5.82 Å². The molecule has 10 heteroatoms. The molecule has 108 valence electrons. The zero-order valence-corrected chi connectivity index (χ0v) is 11.3. The number of fused-ring (bicyclic) bond motifs is 1. The normalized spacial score (nSPS) is 19.3. The summed E-state index contributed by atoms with van der Waals surface area (Å²) in [6.45, 7) is 1.95. The summed E-state index contributed by atoms with van der Waals surface area (Å²) in [4.78, 5) is 17.9. The Labute approximate surface area is 119 Å². The monoisotopic (exact) mass is 287 g/mol. The zero-order chi connectivity index (χ0) is 14.2. The maximum atomic E-state index is 5.77. The van der Waals surface area contributed by atoms with Gasteiger partial charge in [-0.3, -0.25) is 0 Å².